The molecule has 1 aliphatic heterocycles. The Bertz CT molecular complexity index is 414. The second-order valence-corrected chi connectivity index (χ2v) is 4.99. The van der Waals surface area contributed by atoms with Crippen LogP contribution in [0.15, 0.2) is 12.1 Å². The first kappa shape index (κ1) is 14.7. The van der Waals surface area contributed by atoms with E-state index in [-0.39, 0.29) is 5.91 Å². The van der Waals surface area contributed by atoms with Gasteiger partial charge in [0.05, 0.1) is 0 Å². The Hall–Kier alpha value is -1.69. The van der Waals surface area contributed by atoms with Crippen LogP contribution in [0.3, 0.4) is 0 Å². The predicted molar refractivity (Wildman–Crippen MR) is 78.8 cm³/mol. The van der Waals surface area contributed by atoms with Crippen LogP contribution in [0.4, 0.5) is 5.82 Å². The van der Waals surface area contributed by atoms with Gasteiger partial charge in [-0.1, -0.05) is 0 Å². The molecule has 0 unspecified atom stereocenters. The lowest BCUT2D eigenvalue weighted by Gasteiger charge is -2.14. The van der Waals surface area contributed by atoms with Crippen LogP contribution in [0, 0.1) is 0 Å². The monoisotopic (exact) mass is 277 g/mol. The van der Waals surface area contributed by atoms with Gasteiger partial charge in [-0.15, -0.1) is 10.2 Å². The molecule has 0 spiro atoms. The molecular formula is C14H23N5O. The minimum atomic E-state index is -0.180. The van der Waals surface area contributed by atoms with Crippen molar-refractivity contribution in [1.29, 1.82) is 0 Å². The van der Waals surface area contributed by atoms with E-state index >= 15 is 0 Å². The number of hydrogen-bond donors (Lipinski definition) is 2. The van der Waals surface area contributed by atoms with Crippen LogP contribution in [0.5, 0.6) is 0 Å². The van der Waals surface area contributed by atoms with Gasteiger partial charge in [-0.2, -0.15) is 0 Å². The average molecular weight is 277 g/mol. The Balaban J connectivity index is 1.69. The summed E-state index contributed by atoms with van der Waals surface area (Å²) < 4.78 is 0. The lowest BCUT2D eigenvalue weighted by Crippen LogP contribution is -2.24. The first-order valence-electron chi connectivity index (χ1n) is 7.37. The number of carbonyl (C=O) groups is 1. The van der Waals surface area contributed by atoms with Crippen LogP contribution >= 0.6 is 0 Å². The van der Waals surface area contributed by atoms with Gasteiger partial charge in [-0.05, 0) is 58.0 Å². The third kappa shape index (κ3) is 4.45. The van der Waals surface area contributed by atoms with Crippen LogP contribution in [-0.2, 0) is 0 Å². The third-order valence-corrected chi connectivity index (χ3v) is 3.39. The van der Waals surface area contributed by atoms with Crippen molar-refractivity contribution in [1.82, 2.24) is 20.4 Å². The highest BCUT2D eigenvalue weighted by atomic mass is 16.1. The largest absolute Gasteiger partial charge is 0.369 e. The zero-order valence-corrected chi connectivity index (χ0v) is 12.1. The van der Waals surface area contributed by atoms with E-state index in [9.17, 15) is 4.79 Å². The molecule has 1 saturated heterocycles. The number of aromatic nitrogens is 2. The number of amides is 1. The molecule has 20 heavy (non-hydrogen) atoms. The zero-order valence-electron chi connectivity index (χ0n) is 12.1. The van der Waals surface area contributed by atoms with E-state index in [1.54, 1.807) is 12.1 Å². The van der Waals surface area contributed by atoms with Gasteiger partial charge in [0, 0.05) is 13.1 Å². The van der Waals surface area contributed by atoms with Crippen LogP contribution < -0.4 is 10.6 Å². The van der Waals surface area contributed by atoms with E-state index in [0.717, 1.165) is 25.3 Å². The maximum atomic E-state index is 11.5. The van der Waals surface area contributed by atoms with Gasteiger partial charge in [0.1, 0.15) is 5.82 Å². The number of rotatable bonds is 7. The normalized spacial score (nSPS) is 15.2. The molecule has 0 atom stereocenters. The molecule has 0 saturated carbocycles. The zero-order chi connectivity index (χ0) is 14.2. The number of carbonyl (C=O) groups excluding carboxylic acids is 1. The van der Waals surface area contributed by atoms with Crippen molar-refractivity contribution in [3.05, 3.63) is 17.8 Å². The van der Waals surface area contributed by atoms with Crippen molar-refractivity contribution >= 4 is 11.7 Å². The first-order valence-corrected chi connectivity index (χ1v) is 7.37. The molecule has 1 aromatic heterocycles. The summed E-state index contributed by atoms with van der Waals surface area (Å²) in [5.41, 5.74) is 0.356. The minimum Gasteiger partial charge on any atom is -0.369 e. The summed E-state index contributed by atoms with van der Waals surface area (Å²) in [7, 11) is 0. The van der Waals surface area contributed by atoms with Crippen molar-refractivity contribution < 1.29 is 4.79 Å². The fourth-order valence-corrected chi connectivity index (χ4v) is 2.32. The highest BCUT2D eigenvalue weighted by Gasteiger charge is 2.10. The van der Waals surface area contributed by atoms with Gasteiger partial charge in [-0.3, -0.25) is 4.79 Å². The number of hydrogen-bond acceptors (Lipinski definition) is 5. The third-order valence-electron chi connectivity index (χ3n) is 3.39. The fraction of sp³-hybridized carbons (Fsp3) is 0.643. The Morgan fingerprint density at radius 1 is 1.30 bits per heavy atom. The molecule has 0 bridgehead atoms. The molecule has 6 nitrogen and oxygen atoms in total. The predicted octanol–water partition coefficient (Wildman–Crippen LogP) is 1.12. The highest BCUT2D eigenvalue weighted by Crippen LogP contribution is 2.07. The first-order chi connectivity index (χ1) is 9.79. The standard InChI is InChI=1S/C14H23N5O/c1-2-15-14(20)12-6-7-13(18-17-12)16-8-5-11-19-9-3-4-10-19/h6-7H,2-5,8-11H2,1H3,(H,15,20)(H,16,18). The lowest BCUT2D eigenvalue weighted by atomic mass is 10.3. The number of anilines is 1. The van der Waals surface area contributed by atoms with Gasteiger partial charge in [0.25, 0.3) is 5.91 Å². The van der Waals surface area contributed by atoms with Crippen molar-refractivity contribution in [2.24, 2.45) is 0 Å². The summed E-state index contributed by atoms with van der Waals surface area (Å²) in [4.78, 5) is 14.0. The van der Waals surface area contributed by atoms with Gasteiger partial charge < -0.3 is 15.5 Å². The quantitative estimate of drug-likeness (QED) is 0.731. The number of likely N-dealkylation sites (tertiary alicyclic amines) is 1. The molecule has 0 aromatic carbocycles. The molecule has 1 amide bonds. The van der Waals surface area contributed by atoms with Gasteiger partial charge in [0.2, 0.25) is 0 Å². The SMILES string of the molecule is CCNC(=O)c1ccc(NCCCN2CCCC2)nn1. The molecular weight excluding hydrogens is 254 g/mol. The van der Waals surface area contributed by atoms with Gasteiger partial charge in [0.15, 0.2) is 5.69 Å². The van der Waals surface area contributed by atoms with Crippen molar-refractivity contribution in [2.45, 2.75) is 26.2 Å². The van der Waals surface area contributed by atoms with Gasteiger partial charge in [-0.25, -0.2) is 0 Å². The van der Waals surface area contributed by atoms with Crippen LogP contribution in [0.1, 0.15) is 36.7 Å². The summed E-state index contributed by atoms with van der Waals surface area (Å²) >= 11 is 0. The Labute approximate surface area is 120 Å². The molecule has 1 aromatic rings. The van der Waals surface area contributed by atoms with E-state index in [0.29, 0.717) is 12.2 Å². The Morgan fingerprint density at radius 2 is 2.10 bits per heavy atom. The summed E-state index contributed by atoms with van der Waals surface area (Å²) in [6.07, 6.45) is 3.76. The molecule has 6 heteroatoms. The molecule has 110 valence electrons. The van der Waals surface area contributed by atoms with Crippen LogP contribution in [0.25, 0.3) is 0 Å². The maximum Gasteiger partial charge on any atom is 0.271 e. The summed E-state index contributed by atoms with van der Waals surface area (Å²) in [6.45, 7) is 6.96. The molecule has 1 aliphatic rings. The second kappa shape index (κ2) is 7.79. The highest BCUT2D eigenvalue weighted by molar-refractivity contribution is 5.92. The van der Waals surface area contributed by atoms with Crippen molar-refractivity contribution in [3.63, 3.8) is 0 Å². The van der Waals surface area contributed by atoms with E-state index < -0.39 is 0 Å². The summed E-state index contributed by atoms with van der Waals surface area (Å²) in [5, 5.41) is 13.9. The van der Waals surface area contributed by atoms with Gasteiger partial charge >= 0.3 is 0 Å². The second-order valence-electron chi connectivity index (χ2n) is 4.99. The summed E-state index contributed by atoms with van der Waals surface area (Å²) in [5.74, 6) is 0.542. The summed E-state index contributed by atoms with van der Waals surface area (Å²) in [6, 6.07) is 3.49. The van der Waals surface area contributed by atoms with E-state index in [2.05, 4.69) is 25.7 Å². The maximum absolute atomic E-state index is 11.5. The molecule has 0 radical (unpaired) electrons. The lowest BCUT2D eigenvalue weighted by molar-refractivity contribution is 0.0950. The molecule has 0 aliphatic carbocycles. The number of nitrogens with one attached hydrogen (secondary N) is 2. The van der Waals surface area contributed by atoms with E-state index in [1.807, 2.05) is 6.92 Å². The Morgan fingerprint density at radius 3 is 2.75 bits per heavy atom. The van der Waals surface area contributed by atoms with Crippen molar-refractivity contribution in [2.75, 3.05) is 38.0 Å². The van der Waals surface area contributed by atoms with E-state index in [4.69, 9.17) is 0 Å². The topological polar surface area (TPSA) is 70.2 Å². The molecule has 1 fully saturated rings. The molecule has 2 rings (SSSR count). The van der Waals surface area contributed by atoms with Crippen molar-refractivity contribution in [3.8, 4) is 0 Å². The Kier molecular flexibility index (Phi) is 5.73. The molecule has 2 N–H and O–H groups in total. The smallest absolute Gasteiger partial charge is 0.271 e. The van der Waals surface area contributed by atoms with E-state index in [1.165, 1.54) is 25.9 Å². The minimum absolute atomic E-state index is 0.180. The number of nitrogens with zero attached hydrogens (tertiary/aromatic N) is 3. The fourth-order valence-electron chi connectivity index (χ4n) is 2.32. The van der Waals surface area contributed by atoms with Crippen LogP contribution in [-0.4, -0.2) is 53.7 Å². The molecule has 2 heterocycles. The average Bonchev–Trinajstić information content (AvgIpc) is 2.98. The van der Waals surface area contributed by atoms with Crippen LogP contribution in [0.2, 0.25) is 0 Å².